The lowest BCUT2D eigenvalue weighted by atomic mass is 10.2. The van der Waals surface area contributed by atoms with E-state index >= 15 is 0 Å². The van der Waals surface area contributed by atoms with Crippen molar-refractivity contribution in [2.45, 2.75) is 6.36 Å². The number of nitrogens with zero attached hydrogens (tertiary/aromatic N) is 1. The molecule has 0 fully saturated rings. The van der Waals surface area contributed by atoms with Crippen LogP contribution in [0.15, 0.2) is 46.9 Å². The molecule has 1 N–H and O–H groups in total. The fourth-order valence-corrected chi connectivity index (χ4v) is 2.38. The minimum absolute atomic E-state index is 0.247. The van der Waals surface area contributed by atoms with E-state index in [0.29, 0.717) is 5.82 Å². The van der Waals surface area contributed by atoms with Crippen LogP contribution < -0.4 is 4.74 Å². The summed E-state index contributed by atoms with van der Waals surface area (Å²) in [5.41, 5.74) is 2.47. The van der Waals surface area contributed by atoms with Crippen LogP contribution in [0, 0.1) is 0 Å². The zero-order valence-electron chi connectivity index (χ0n) is 11.6. The fraction of sp³-hybridized carbons (Fsp3) is 0.0625. The summed E-state index contributed by atoms with van der Waals surface area (Å²) in [4.78, 5) is 7.55. The lowest BCUT2D eigenvalue weighted by molar-refractivity contribution is -0.274. The van der Waals surface area contributed by atoms with Gasteiger partial charge >= 0.3 is 6.36 Å². The normalized spacial score (nSPS) is 12.2. The van der Waals surface area contributed by atoms with Crippen LogP contribution in [0.4, 0.5) is 13.2 Å². The highest BCUT2D eigenvalue weighted by atomic mass is 79.9. The summed E-state index contributed by atoms with van der Waals surface area (Å²) in [6.07, 6.45) is -1.17. The molecule has 0 aliphatic heterocycles. The summed E-state index contributed by atoms with van der Waals surface area (Å²) in [6, 6.07) is 11.3. The van der Waals surface area contributed by atoms with Crippen molar-refractivity contribution >= 4 is 39.1 Å². The second-order valence-corrected chi connectivity index (χ2v) is 5.65. The van der Waals surface area contributed by atoms with Gasteiger partial charge in [0.15, 0.2) is 0 Å². The van der Waals surface area contributed by atoms with E-state index in [1.54, 1.807) is 12.2 Å². The molecule has 0 bridgehead atoms. The molecule has 1 heterocycles. The minimum atomic E-state index is -4.68. The number of alkyl halides is 3. The van der Waals surface area contributed by atoms with Gasteiger partial charge < -0.3 is 9.72 Å². The summed E-state index contributed by atoms with van der Waals surface area (Å²) in [5.74, 6) is 0.414. The van der Waals surface area contributed by atoms with Gasteiger partial charge in [0.1, 0.15) is 11.6 Å². The van der Waals surface area contributed by atoms with Crippen LogP contribution in [0.5, 0.6) is 5.75 Å². The Morgan fingerprint density at radius 3 is 2.48 bits per heavy atom. The Labute approximate surface area is 137 Å². The van der Waals surface area contributed by atoms with Crippen molar-refractivity contribution in [2.75, 3.05) is 0 Å². The zero-order chi connectivity index (χ0) is 16.4. The Bertz CT molecular complexity index is 854. The molecule has 2 aromatic carbocycles. The van der Waals surface area contributed by atoms with Crippen molar-refractivity contribution in [2.24, 2.45) is 0 Å². The van der Waals surface area contributed by atoms with Gasteiger partial charge in [0.25, 0.3) is 0 Å². The number of fused-ring (bicyclic) bond motifs is 1. The van der Waals surface area contributed by atoms with Gasteiger partial charge in [-0.05, 0) is 42.0 Å². The highest BCUT2D eigenvalue weighted by molar-refractivity contribution is 9.10. The van der Waals surface area contributed by atoms with Crippen LogP contribution in [0.3, 0.4) is 0 Å². The fourth-order valence-electron chi connectivity index (χ4n) is 2.03. The number of ether oxygens (including phenoxy) is 1. The van der Waals surface area contributed by atoms with Crippen LogP contribution in [0.1, 0.15) is 11.4 Å². The first-order valence-corrected chi connectivity index (χ1v) is 7.37. The molecule has 0 aliphatic carbocycles. The number of hydrogen-bond acceptors (Lipinski definition) is 2. The number of aromatic nitrogens is 2. The number of rotatable bonds is 3. The second-order valence-electron chi connectivity index (χ2n) is 4.73. The van der Waals surface area contributed by atoms with E-state index in [9.17, 15) is 13.2 Å². The minimum Gasteiger partial charge on any atom is -0.406 e. The van der Waals surface area contributed by atoms with Crippen molar-refractivity contribution in [3.8, 4) is 5.75 Å². The third kappa shape index (κ3) is 4.13. The van der Waals surface area contributed by atoms with Crippen LogP contribution >= 0.6 is 15.9 Å². The highest BCUT2D eigenvalue weighted by Crippen LogP contribution is 2.23. The molecule has 0 unspecified atom stereocenters. The molecule has 23 heavy (non-hydrogen) atoms. The van der Waals surface area contributed by atoms with Crippen molar-refractivity contribution in [3.63, 3.8) is 0 Å². The SMILES string of the molecule is FC(F)(F)Oc1ccc(/C=C/c2nc3cc(Br)ccc3[nH]2)cc1. The van der Waals surface area contributed by atoms with Crippen LogP contribution in [-0.2, 0) is 0 Å². The summed E-state index contributed by atoms with van der Waals surface area (Å²) < 4.78 is 41.0. The Hall–Kier alpha value is -2.28. The van der Waals surface area contributed by atoms with E-state index in [2.05, 4.69) is 30.6 Å². The quantitative estimate of drug-likeness (QED) is 0.658. The molecule has 3 nitrogen and oxygen atoms in total. The smallest absolute Gasteiger partial charge is 0.406 e. The molecule has 1 aromatic heterocycles. The summed E-state index contributed by atoms with van der Waals surface area (Å²) in [5, 5.41) is 0. The van der Waals surface area contributed by atoms with Crippen molar-refractivity contribution < 1.29 is 17.9 Å². The average molecular weight is 383 g/mol. The molecule has 0 atom stereocenters. The van der Waals surface area contributed by atoms with Crippen LogP contribution in [0.25, 0.3) is 23.2 Å². The average Bonchev–Trinajstić information content (AvgIpc) is 2.87. The first-order chi connectivity index (χ1) is 10.9. The molecule has 3 aromatic rings. The second kappa shape index (κ2) is 6.08. The van der Waals surface area contributed by atoms with E-state index < -0.39 is 6.36 Å². The standard InChI is InChI=1S/C16H10BrF3N2O/c17-11-4-7-13-14(9-11)22-15(21-13)8-3-10-1-5-12(6-2-10)23-16(18,19)20/h1-9H,(H,21,22)/b8-3+. The lowest BCUT2D eigenvalue weighted by Crippen LogP contribution is -2.16. The number of H-pyrrole nitrogens is 1. The van der Waals surface area contributed by atoms with Gasteiger partial charge in [-0.15, -0.1) is 13.2 Å². The molecule has 0 radical (unpaired) electrons. The largest absolute Gasteiger partial charge is 0.573 e. The maximum Gasteiger partial charge on any atom is 0.573 e. The molecule has 0 saturated carbocycles. The molecule has 0 saturated heterocycles. The monoisotopic (exact) mass is 382 g/mol. The summed E-state index contributed by atoms with van der Waals surface area (Å²) in [6.45, 7) is 0. The maximum absolute atomic E-state index is 12.1. The molecular weight excluding hydrogens is 373 g/mol. The lowest BCUT2D eigenvalue weighted by Gasteiger charge is -2.08. The first-order valence-electron chi connectivity index (χ1n) is 6.58. The summed E-state index contributed by atoms with van der Waals surface area (Å²) >= 11 is 3.38. The number of nitrogens with one attached hydrogen (secondary N) is 1. The number of imidazole rings is 1. The third-order valence-corrected chi connectivity index (χ3v) is 3.50. The van der Waals surface area contributed by atoms with Crippen LogP contribution in [-0.4, -0.2) is 16.3 Å². The molecular formula is C16H10BrF3N2O. The van der Waals surface area contributed by atoms with E-state index in [1.165, 1.54) is 24.3 Å². The molecule has 7 heteroatoms. The van der Waals surface area contributed by atoms with Gasteiger partial charge in [-0.2, -0.15) is 0 Å². The van der Waals surface area contributed by atoms with Gasteiger partial charge in [-0.3, -0.25) is 0 Å². The van der Waals surface area contributed by atoms with E-state index in [-0.39, 0.29) is 5.75 Å². The zero-order valence-corrected chi connectivity index (χ0v) is 13.1. The predicted molar refractivity (Wildman–Crippen MR) is 85.8 cm³/mol. The number of halogens is 4. The Morgan fingerprint density at radius 1 is 1.04 bits per heavy atom. The Kier molecular flexibility index (Phi) is 4.12. The van der Waals surface area contributed by atoms with E-state index in [0.717, 1.165) is 21.1 Å². The Balaban J connectivity index is 1.76. The molecule has 118 valence electrons. The number of aromatic amines is 1. The highest BCUT2D eigenvalue weighted by Gasteiger charge is 2.30. The van der Waals surface area contributed by atoms with Gasteiger partial charge in [-0.1, -0.05) is 34.1 Å². The van der Waals surface area contributed by atoms with Crippen molar-refractivity contribution in [1.29, 1.82) is 0 Å². The maximum atomic E-state index is 12.1. The topological polar surface area (TPSA) is 37.9 Å². The van der Waals surface area contributed by atoms with E-state index in [1.807, 2.05) is 18.2 Å². The van der Waals surface area contributed by atoms with Crippen LogP contribution in [0.2, 0.25) is 0 Å². The predicted octanol–water partition coefficient (Wildman–Crippen LogP) is 5.39. The van der Waals surface area contributed by atoms with Crippen molar-refractivity contribution in [3.05, 3.63) is 58.3 Å². The molecule has 3 rings (SSSR count). The van der Waals surface area contributed by atoms with Crippen molar-refractivity contribution in [1.82, 2.24) is 9.97 Å². The third-order valence-electron chi connectivity index (χ3n) is 3.01. The van der Waals surface area contributed by atoms with Gasteiger partial charge in [0.2, 0.25) is 0 Å². The van der Waals surface area contributed by atoms with E-state index in [4.69, 9.17) is 0 Å². The number of hydrogen-bond donors (Lipinski definition) is 1. The van der Waals surface area contributed by atoms with Gasteiger partial charge in [-0.25, -0.2) is 4.98 Å². The summed E-state index contributed by atoms with van der Waals surface area (Å²) in [7, 11) is 0. The first kappa shape index (κ1) is 15.6. The molecule has 0 amide bonds. The molecule has 0 aliphatic rings. The Morgan fingerprint density at radius 2 is 1.78 bits per heavy atom. The number of benzene rings is 2. The molecule has 0 spiro atoms. The van der Waals surface area contributed by atoms with Gasteiger partial charge in [0, 0.05) is 4.47 Å². The van der Waals surface area contributed by atoms with Gasteiger partial charge in [0.05, 0.1) is 11.0 Å².